The van der Waals surface area contributed by atoms with Crippen molar-refractivity contribution >= 4 is 39.2 Å². The third-order valence-electron chi connectivity index (χ3n) is 6.74. The Bertz CT molecular complexity index is 1370. The van der Waals surface area contributed by atoms with Gasteiger partial charge in [0.25, 0.3) is 11.0 Å². The van der Waals surface area contributed by atoms with Crippen molar-refractivity contribution in [3.8, 4) is 0 Å². The van der Waals surface area contributed by atoms with Crippen molar-refractivity contribution in [3.63, 3.8) is 0 Å². The summed E-state index contributed by atoms with van der Waals surface area (Å²) in [6.45, 7) is -1.10. The van der Waals surface area contributed by atoms with E-state index in [0.717, 1.165) is 30.0 Å². The Balaban J connectivity index is 1.62. The van der Waals surface area contributed by atoms with Crippen molar-refractivity contribution in [3.05, 3.63) is 59.4 Å². The molecule has 0 bridgehead atoms. The van der Waals surface area contributed by atoms with Gasteiger partial charge in [-0.3, -0.25) is 28.8 Å². The summed E-state index contributed by atoms with van der Waals surface area (Å²) in [6.07, 6.45) is -4.82. The molecule has 1 spiro atoms. The summed E-state index contributed by atoms with van der Waals surface area (Å²) >= 11 is 0. The second kappa shape index (κ2) is 10.3. The number of carbonyl (C=O) groups is 4. The van der Waals surface area contributed by atoms with Gasteiger partial charge in [0.15, 0.2) is 0 Å². The molecule has 1 unspecified atom stereocenters. The maximum absolute atomic E-state index is 13.6. The molecule has 0 aliphatic carbocycles. The SMILES string of the molecule is CNC(=O)Nc1ccc2c(c1)S(O)(O)C(=O)C21NCN(CC(=O)N(Cc2ccc(F)cc2)[C@@H](C)C(F)(F)F)C1=O. The van der Waals surface area contributed by atoms with Crippen molar-refractivity contribution in [2.45, 2.75) is 36.1 Å². The molecule has 5 N–H and O–H groups in total. The number of carbonyl (C=O) groups excluding carboxylic acids is 4. The third kappa shape index (κ3) is 4.98. The lowest BCUT2D eigenvalue weighted by molar-refractivity contribution is -0.187. The summed E-state index contributed by atoms with van der Waals surface area (Å²) in [5, 5.41) is 6.04. The molecule has 1 fully saturated rings. The molecule has 2 heterocycles. The highest BCUT2D eigenvalue weighted by Crippen LogP contribution is 2.63. The molecule has 0 radical (unpaired) electrons. The molecule has 2 aliphatic heterocycles. The molecule has 2 atom stereocenters. The molecule has 1 saturated heterocycles. The van der Waals surface area contributed by atoms with Crippen LogP contribution in [0.1, 0.15) is 18.1 Å². The molecule has 2 aromatic rings. The number of anilines is 1. The number of alkyl halides is 3. The lowest BCUT2D eigenvalue weighted by Gasteiger charge is -2.32. The number of benzene rings is 2. The molecule has 40 heavy (non-hydrogen) atoms. The maximum Gasteiger partial charge on any atom is 0.408 e. The number of halogens is 4. The highest BCUT2D eigenvalue weighted by atomic mass is 32.3. The molecule has 4 rings (SSSR count). The predicted molar refractivity (Wildman–Crippen MR) is 135 cm³/mol. The second-order valence-electron chi connectivity index (χ2n) is 9.21. The van der Waals surface area contributed by atoms with Crippen LogP contribution >= 0.6 is 10.6 Å². The zero-order valence-corrected chi connectivity index (χ0v) is 21.9. The zero-order valence-electron chi connectivity index (χ0n) is 21.1. The van der Waals surface area contributed by atoms with Crippen LogP contribution in [-0.2, 0) is 26.5 Å². The van der Waals surface area contributed by atoms with Gasteiger partial charge in [-0.2, -0.15) is 13.2 Å². The molecule has 2 aliphatic rings. The van der Waals surface area contributed by atoms with Crippen LogP contribution in [-0.4, -0.2) is 74.3 Å². The molecule has 216 valence electrons. The molecule has 16 heteroatoms. The third-order valence-corrected chi connectivity index (χ3v) is 8.51. The summed E-state index contributed by atoms with van der Waals surface area (Å²) < 4.78 is 75.5. The predicted octanol–water partition coefficient (Wildman–Crippen LogP) is 2.79. The molecule has 0 aromatic heterocycles. The van der Waals surface area contributed by atoms with Gasteiger partial charge in [0.2, 0.25) is 11.4 Å². The molecule has 2 aromatic carbocycles. The Labute approximate surface area is 226 Å². The number of hydrogen-bond donors (Lipinski definition) is 5. The van der Waals surface area contributed by atoms with Crippen molar-refractivity contribution in [1.29, 1.82) is 0 Å². The van der Waals surface area contributed by atoms with E-state index in [1.165, 1.54) is 31.3 Å². The van der Waals surface area contributed by atoms with Gasteiger partial charge in [-0.05, 0) is 36.8 Å². The van der Waals surface area contributed by atoms with Gasteiger partial charge in [-0.25, -0.2) is 9.18 Å². The van der Waals surface area contributed by atoms with Crippen LogP contribution in [0.25, 0.3) is 0 Å². The van der Waals surface area contributed by atoms with E-state index in [4.69, 9.17) is 0 Å². The van der Waals surface area contributed by atoms with Crippen molar-refractivity contribution < 1.29 is 45.8 Å². The minimum atomic E-state index is -4.82. The Morgan fingerprint density at radius 3 is 2.42 bits per heavy atom. The van der Waals surface area contributed by atoms with Gasteiger partial charge < -0.3 is 20.4 Å². The van der Waals surface area contributed by atoms with E-state index in [0.29, 0.717) is 4.90 Å². The zero-order chi connectivity index (χ0) is 29.6. The Morgan fingerprint density at radius 2 is 1.82 bits per heavy atom. The van der Waals surface area contributed by atoms with E-state index in [1.807, 2.05) is 0 Å². The average molecular weight is 588 g/mol. The number of hydrogen-bond acceptors (Lipinski definition) is 7. The quantitative estimate of drug-likeness (QED) is 0.258. The van der Waals surface area contributed by atoms with Crippen molar-refractivity contribution in [1.82, 2.24) is 20.4 Å². The first kappa shape index (κ1) is 29.3. The summed E-state index contributed by atoms with van der Waals surface area (Å²) in [7, 11) is -2.87. The Hall–Kier alpha value is -3.73. The van der Waals surface area contributed by atoms with E-state index in [-0.39, 0.29) is 21.7 Å². The van der Waals surface area contributed by atoms with Gasteiger partial charge in [0.1, 0.15) is 18.4 Å². The fourth-order valence-electron chi connectivity index (χ4n) is 4.52. The molecule has 0 saturated carbocycles. The second-order valence-corrected chi connectivity index (χ2v) is 11.1. The van der Waals surface area contributed by atoms with Crippen LogP contribution < -0.4 is 16.0 Å². The first-order chi connectivity index (χ1) is 18.6. The first-order valence-corrected chi connectivity index (χ1v) is 13.3. The highest BCUT2D eigenvalue weighted by Gasteiger charge is 2.64. The number of fused-ring (bicyclic) bond motifs is 2. The number of urea groups is 1. The maximum atomic E-state index is 13.6. The smallest absolute Gasteiger partial charge is 0.341 e. The van der Waals surface area contributed by atoms with Crippen LogP contribution in [0, 0.1) is 5.82 Å². The largest absolute Gasteiger partial charge is 0.408 e. The Kier molecular flexibility index (Phi) is 7.57. The van der Waals surface area contributed by atoms with Gasteiger partial charge in [0, 0.05) is 24.8 Å². The first-order valence-electron chi connectivity index (χ1n) is 11.7. The average Bonchev–Trinajstić information content (AvgIpc) is 3.30. The van der Waals surface area contributed by atoms with E-state index in [2.05, 4.69) is 16.0 Å². The van der Waals surface area contributed by atoms with Gasteiger partial charge >= 0.3 is 12.2 Å². The van der Waals surface area contributed by atoms with E-state index >= 15 is 0 Å². The molecular weight excluding hydrogens is 562 g/mol. The standard InChI is InChI=1S/C24H25F4N5O6S/c1-13(24(26,27)28)33(10-14-3-5-15(25)6-4-14)19(34)11-32-12-30-23(20(32)35)17-8-7-16(31-22(37)29-2)9-18(17)40(38,39)21(23)36/h3-9,13,30,38-39H,10-12H2,1-2H3,(H2,29,31,37)/t13-,23?/m0/s1. The van der Waals surface area contributed by atoms with Crippen LogP contribution in [0.5, 0.6) is 0 Å². The topological polar surface area (TPSA) is 151 Å². The van der Waals surface area contributed by atoms with E-state index < -0.39 is 76.9 Å². The summed E-state index contributed by atoms with van der Waals surface area (Å²) in [5.41, 5.74) is -2.11. The van der Waals surface area contributed by atoms with Crippen molar-refractivity contribution in [2.75, 3.05) is 25.6 Å². The fourth-order valence-corrected chi connectivity index (χ4v) is 6.23. The van der Waals surface area contributed by atoms with Crippen LogP contribution in [0.2, 0.25) is 0 Å². The highest BCUT2D eigenvalue weighted by molar-refractivity contribution is 8.37. The minimum absolute atomic E-state index is 0.0954. The van der Waals surface area contributed by atoms with Gasteiger partial charge in [-0.1, -0.05) is 18.2 Å². The monoisotopic (exact) mass is 587 g/mol. The van der Waals surface area contributed by atoms with Crippen LogP contribution in [0.4, 0.5) is 28.0 Å². The van der Waals surface area contributed by atoms with E-state index in [9.17, 15) is 45.8 Å². The van der Waals surface area contributed by atoms with E-state index in [1.54, 1.807) is 0 Å². The van der Waals surface area contributed by atoms with Gasteiger partial charge in [-0.15, -0.1) is 10.6 Å². The fraction of sp³-hybridized carbons (Fsp3) is 0.333. The number of rotatable bonds is 6. The van der Waals surface area contributed by atoms with Crippen LogP contribution in [0.15, 0.2) is 47.4 Å². The molecular formula is C24H25F4N5O6S. The number of nitrogens with one attached hydrogen (secondary N) is 3. The molecule has 4 amide bonds. The normalized spacial score (nSPS) is 21.2. The Morgan fingerprint density at radius 1 is 1.18 bits per heavy atom. The summed E-state index contributed by atoms with van der Waals surface area (Å²) in [5.74, 6) is -2.78. The summed E-state index contributed by atoms with van der Waals surface area (Å²) in [6, 6.07) is 5.31. The van der Waals surface area contributed by atoms with Crippen LogP contribution in [0.3, 0.4) is 0 Å². The lowest BCUT2D eigenvalue weighted by Crippen LogP contribution is -2.51. The van der Waals surface area contributed by atoms with Crippen molar-refractivity contribution in [2.24, 2.45) is 0 Å². The summed E-state index contributed by atoms with van der Waals surface area (Å²) in [4.78, 5) is 52.5. The van der Waals surface area contributed by atoms with Gasteiger partial charge in [0.05, 0.1) is 11.6 Å². The lowest BCUT2D eigenvalue weighted by atomic mass is 9.91. The minimum Gasteiger partial charge on any atom is -0.341 e. The number of amides is 4. The number of nitrogens with zero attached hydrogens (tertiary/aromatic N) is 2. The molecule has 11 nitrogen and oxygen atoms in total.